The second-order valence-electron chi connectivity index (χ2n) is 16.9. The van der Waals surface area contributed by atoms with E-state index >= 15 is 0 Å². The molecule has 0 amide bonds. The number of nitriles is 1. The topological polar surface area (TPSA) is 62.5 Å². The van der Waals surface area contributed by atoms with Gasteiger partial charge in [-0.25, -0.2) is 15.0 Å². The molecule has 1 aromatic heterocycles. The second-order valence-corrected chi connectivity index (χ2v) is 16.9. The first-order valence-electron chi connectivity index (χ1n) is 21.9. The van der Waals surface area contributed by atoms with Crippen LogP contribution in [0.5, 0.6) is 0 Å². The molecule has 0 aliphatic heterocycles. The van der Waals surface area contributed by atoms with Crippen molar-refractivity contribution in [3.63, 3.8) is 0 Å². The molecule has 1 fully saturated rings. The molecule has 7 aromatic carbocycles. The average Bonchev–Trinajstić information content (AvgIpc) is 3.62. The van der Waals surface area contributed by atoms with Gasteiger partial charge in [0.25, 0.3) is 0 Å². The van der Waals surface area contributed by atoms with Crippen LogP contribution in [-0.4, -0.2) is 15.0 Å². The molecule has 1 unspecified atom stereocenters. The normalized spacial score (nSPS) is 16.0. The van der Waals surface area contributed by atoms with Crippen molar-refractivity contribution >= 4 is 5.57 Å². The van der Waals surface area contributed by atoms with Crippen LogP contribution in [0.2, 0.25) is 0 Å². The molecule has 11 rings (SSSR count). The van der Waals surface area contributed by atoms with Crippen molar-refractivity contribution < 1.29 is 0 Å². The number of hydrogen-bond donors (Lipinski definition) is 0. The zero-order valence-electron chi connectivity index (χ0n) is 34.5. The molecule has 1 atom stereocenters. The summed E-state index contributed by atoms with van der Waals surface area (Å²) in [7, 11) is 0. The number of aromatic nitrogens is 3. The highest BCUT2D eigenvalue weighted by molar-refractivity contribution is 5.93. The van der Waals surface area contributed by atoms with Crippen molar-refractivity contribution in [2.45, 2.75) is 49.9 Å². The van der Waals surface area contributed by atoms with Crippen LogP contribution in [0, 0.1) is 11.3 Å². The number of hydrogen-bond acceptors (Lipinski definition) is 4. The Bertz CT molecular complexity index is 3060. The summed E-state index contributed by atoms with van der Waals surface area (Å²) in [5.41, 5.74) is 17.5. The van der Waals surface area contributed by atoms with E-state index in [1.165, 1.54) is 69.3 Å². The van der Waals surface area contributed by atoms with E-state index in [0.717, 1.165) is 52.7 Å². The molecular weight excluding hydrogens is 753 g/mol. The highest BCUT2D eigenvalue weighted by Crippen LogP contribution is 2.58. The molecular formula is C58H44N4. The lowest BCUT2D eigenvalue weighted by molar-refractivity contribution is 0.353. The minimum absolute atomic E-state index is 0.00147. The molecule has 62 heavy (non-hydrogen) atoms. The molecule has 4 heteroatoms. The van der Waals surface area contributed by atoms with Gasteiger partial charge in [0, 0.05) is 28.0 Å². The van der Waals surface area contributed by atoms with E-state index in [9.17, 15) is 5.26 Å². The van der Waals surface area contributed by atoms with Crippen molar-refractivity contribution in [1.29, 1.82) is 5.26 Å². The van der Waals surface area contributed by atoms with Crippen molar-refractivity contribution in [2.24, 2.45) is 0 Å². The lowest BCUT2D eigenvalue weighted by Gasteiger charge is -2.36. The van der Waals surface area contributed by atoms with Gasteiger partial charge in [0.2, 0.25) is 0 Å². The van der Waals surface area contributed by atoms with E-state index in [0.29, 0.717) is 23.4 Å². The molecule has 296 valence electrons. The zero-order chi connectivity index (χ0) is 41.5. The number of rotatable bonds is 7. The smallest absolute Gasteiger partial charge is 0.164 e. The molecule has 0 N–H and O–H groups in total. The first-order chi connectivity index (χ1) is 30.6. The summed E-state index contributed by atoms with van der Waals surface area (Å²) in [6, 6.07) is 62.8. The molecule has 0 radical (unpaired) electrons. The maximum atomic E-state index is 9.82. The fourth-order valence-electron chi connectivity index (χ4n) is 10.2. The Hall–Kier alpha value is -7.48. The van der Waals surface area contributed by atoms with Gasteiger partial charge in [-0.15, -0.1) is 0 Å². The summed E-state index contributed by atoms with van der Waals surface area (Å²) >= 11 is 0. The first-order valence-corrected chi connectivity index (χ1v) is 21.9. The largest absolute Gasteiger partial charge is 0.208 e. The summed E-state index contributed by atoms with van der Waals surface area (Å²) in [4.78, 5) is 15.0. The van der Waals surface area contributed by atoms with E-state index < -0.39 is 0 Å². The standard InChI is InChI=1S/C58H44N4/c59-38-39-20-33-51-53(36-39)58(34-8-3-9-35-58)52-19-11-18-50(54(51)52)44-27-21-42(22-28-44)48-16-10-17-49(37-48)43-25-31-47(32-26-43)57-61-55(45-14-6-2-7-15-45)60-56(62-57)46-29-23-41(24-30-46)40-12-4-1-5-13-40/h1-2,4-7,10-23,25-33,36-37,41H,3,8-9,24,34-35H2. The highest BCUT2D eigenvalue weighted by Gasteiger charge is 2.44. The third-order valence-electron chi connectivity index (χ3n) is 13.3. The first kappa shape index (κ1) is 37.5. The predicted octanol–water partition coefficient (Wildman–Crippen LogP) is 14.4. The number of benzene rings is 7. The highest BCUT2D eigenvalue weighted by atomic mass is 15.0. The summed E-state index contributed by atoms with van der Waals surface area (Å²) in [5, 5.41) is 9.82. The molecule has 1 heterocycles. The van der Waals surface area contributed by atoms with Crippen LogP contribution in [0.4, 0.5) is 0 Å². The Morgan fingerprint density at radius 2 is 1.08 bits per heavy atom. The van der Waals surface area contributed by atoms with E-state index in [4.69, 9.17) is 15.0 Å². The number of nitrogens with zero attached hydrogens (tertiary/aromatic N) is 4. The zero-order valence-corrected chi connectivity index (χ0v) is 34.5. The molecule has 3 aliphatic carbocycles. The SMILES string of the molecule is N#Cc1ccc2c(c1)C1(CCCCC1)c1cccc(-c3ccc(-c4cccc(-c5ccc(-c6nc(C7=CCC(c8ccccc8)C=C7)nc(-c7ccccc7)n6)cc5)c4)cc3)c1-2. The second kappa shape index (κ2) is 15.8. The number of fused-ring (bicyclic) bond motifs is 5. The van der Waals surface area contributed by atoms with Crippen molar-refractivity contribution in [2.75, 3.05) is 0 Å². The molecule has 8 aromatic rings. The van der Waals surface area contributed by atoms with E-state index in [2.05, 4.69) is 170 Å². The van der Waals surface area contributed by atoms with Crippen LogP contribution in [0.1, 0.15) is 72.5 Å². The Morgan fingerprint density at radius 1 is 0.484 bits per heavy atom. The third kappa shape index (κ3) is 6.77. The summed E-state index contributed by atoms with van der Waals surface area (Å²) in [6.07, 6.45) is 13.6. The van der Waals surface area contributed by atoms with Crippen molar-refractivity contribution in [1.82, 2.24) is 15.0 Å². The maximum absolute atomic E-state index is 9.82. The van der Waals surface area contributed by atoms with Gasteiger partial charge in [0.05, 0.1) is 11.6 Å². The van der Waals surface area contributed by atoms with Gasteiger partial charge in [0.1, 0.15) is 0 Å². The number of allylic oxidation sites excluding steroid dienone is 4. The van der Waals surface area contributed by atoms with Gasteiger partial charge in [-0.2, -0.15) is 5.26 Å². The molecule has 4 nitrogen and oxygen atoms in total. The predicted molar refractivity (Wildman–Crippen MR) is 252 cm³/mol. The molecule has 1 saturated carbocycles. The minimum atomic E-state index is 0.00147. The van der Waals surface area contributed by atoms with Gasteiger partial charge >= 0.3 is 0 Å². The Labute approximate surface area is 363 Å². The monoisotopic (exact) mass is 796 g/mol. The van der Waals surface area contributed by atoms with E-state index in [-0.39, 0.29) is 5.41 Å². The Balaban J connectivity index is 0.874. The Morgan fingerprint density at radius 3 is 1.74 bits per heavy atom. The van der Waals surface area contributed by atoms with Gasteiger partial charge in [0.15, 0.2) is 17.5 Å². The fraction of sp³-hybridized carbons (Fsp3) is 0.138. The molecule has 1 spiro atoms. The van der Waals surface area contributed by atoms with E-state index in [1.807, 2.05) is 24.3 Å². The molecule has 0 bridgehead atoms. The summed E-state index contributed by atoms with van der Waals surface area (Å²) in [5.74, 6) is 2.34. The average molecular weight is 797 g/mol. The van der Waals surface area contributed by atoms with Crippen LogP contribution in [0.25, 0.3) is 72.9 Å². The summed E-state index contributed by atoms with van der Waals surface area (Å²) < 4.78 is 0. The van der Waals surface area contributed by atoms with Crippen molar-refractivity contribution in [3.8, 4) is 73.4 Å². The van der Waals surface area contributed by atoms with Crippen LogP contribution in [-0.2, 0) is 5.41 Å². The van der Waals surface area contributed by atoms with Gasteiger partial charge in [-0.05, 0) is 98.7 Å². The quantitative estimate of drug-likeness (QED) is 0.161. The molecule has 0 saturated heterocycles. The van der Waals surface area contributed by atoms with E-state index in [1.54, 1.807) is 0 Å². The van der Waals surface area contributed by atoms with Crippen LogP contribution >= 0.6 is 0 Å². The fourth-order valence-corrected chi connectivity index (χ4v) is 10.2. The van der Waals surface area contributed by atoms with Gasteiger partial charge in [-0.1, -0.05) is 189 Å². The minimum Gasteiger partial charge on any atom is -0.208 e. The van der Waals surface area contributed by atoms with Gasteiger partial charge < -0.3 is 0 Å². The lowest BCUT2D eigenvalue weighted by Crippen LogP contribution is -2.28. The van der Waals surface area contributed by atoms with Gasteiger partial charge in [-0.3, -0.25) is 0 Å². The van der Waals surface area contributed by atoms with Crippen LogP contribution in [0.3, 0.4) is 0 Å². The lowest BCUT2D eigenvalue weighted by atomic mass is 9.67. The van der Waals surface area contributed by atoms with Crippen LogP contribution in [0.15, 0.2) is 188 Å². The summed E-state index contributed by atoms with van der Waals surface area (Å²) in [6.45, 7) is 0. The third-order valence-corrected chi connectivity index (χ3v) is 13.3. The molecule has 3 aliphatic rings. The van der Waals surface area contributed by atoms with Crippen LogP contribution < -0.4 is 0 Å². The Kier molecular flexibility index (Phi) is 9.59. The maximum Gasteiger partial charge on any atom is 0.164 e. The van der Waals surface area contributed by atoms with Crippen molar-refractivity contribution in [3.05, 3.63) is 216 Å².